The van der Waals surface area contributed by atoms with E-state index in [4.69, 9.17) is 9.47 Å². The van der Waals surface area contributed by atoms with Crippen LogP contribution in [0.3, 0.4) is 0 Å². The molecule has 8 nitrogen and oxygen atoms in total. The second-order valence-corrected chi connectivity index (χ2v) is 8.36. The summed E-state index contributed by atoms with van der Waals surface area (Å²) in [4.78, 5) is 20.2. The number of aromatic nitrogens is 1. The lowest BCUT2D eigenvalue weighted by Gasteiger charge is -2.34. The van der Waals surface area contributed by atoms with Gasteiger partial charge < -0.3 is 14.4 Å². The molecule has 8 heteroatoms. The molecular weight excluding hydrogens is 420 g/mol. The predicted octanol–water partition coefficient (Wildman–Crippen LogP) is 4.05. The minimum absolute atomic E-state index is 0.0192. The van der Waals surface area contributed by atoms with Gasteiger partial charge in [0, 0.05) is 56.4 Å². The molecule has 1 aromatic heterocycles. The number of ether oxygens (including phenoxy) is 2. The van der Waals surface area contributed by atoms with E-state index in [-0.39, 0.29) is 5.69 Å². The summed E-state index contributed by atoms with van der Waals surface area (Å²) < 4.78 is 11.1. The Bertz CT molecular complexity index is 1110. The monoisotopic (exact) mass is 450 g/mol. The van der Waals surface area contributed by atoms with Crippen LogP contribution < -0.4 is 9.47 Å². The fourth-order valence-corrected chi connectivity index (χ4v) is 4.23. The molecule has 1 aliphatic heterocycles. The number of nitro benzene ring substituents is 1. The Morgan fingerprint density at radius 2 is 1.82 bits per heavy atom. The predicted molar refractivity (Wildman–Crippen MR) is 128 cm³/mol. The van der Waals surface area contributed by atoms with Gasteiger partial charge in [-0.1, -0.05) is 12.1 Å². The van der Waals surface area contributed by atoms with Crippen molar-refractivity contribution >= 4 is 16.6 Å². The minimum Gasteiger partial charge on any atom is -0.493 e. The summed E-state index contributed by atoms with van der Waals surface area (Å²) >= 11 is 0. The van der Waals surface area contributed by atoms with E-state index in [0.29, 0.717) is 18.9 Å². The fourth-order valence-electron chi connectivity index (χ4n) is 4.23. The molecule has 0 saturated carbocycles. The standard InChI is InChI=1S/C25H30N4O4/c1-19-7-9-21-22(26-19)5-3-6-24(21)33-16-4-11-27-12-14-28(15-13-27)18-20-8-10-25(32-2)23(17-20)29(30)31/h3,5-10,17H,4,11-16,18H2,1-2H3. The molecular formula is C25H30N4O4. The summed E-state index contributed by atoms with van der Waals surface area (Å²) in [6.07, 6.45) is 0.959. The van der Waals surface area contributed by atoms with Gasteiger partial charge >= 0.3 is 5.69 Å². The van der Waals surface area contributed by atoms with Gasteiger partial charge in [-0.3, -0.25) is 20.0 Å². The third kappa shape index (κ3) is 5.77. The van der Waals surface area contributed by atoms with Crippen LogP contribution in [-0.4, -0.2) is 66.1 Å². The van der Waals surface area contributed by atoms with Gasteiger partial charge in [-0.2, -0.15) is 0 Å². The number of benzene rings is 2. The zero-order valence-electron chi connectivity index (χ0n) is 19.2. The van der Waals surface area contributed by atoms with Crippen molar-refractivity contribution in [3.05, 3.63) is 69.9 Å². The van der Waals surface area contributed by atoms with E-state index < -0.39 is 4.92 Å². The molecule has 1 saturated heterocycles. The summed E-state index contributed by atoms with van der Waals surface area (Å²) in [6.45, 7) is 8.20. The number of rotatable bonds is 9. The molecule has 2 aromatic carbocycles. The minimum atomic E-state index is -0.391. The molecule has 174 valence electrons. The van der Waals surface area contributed by atoms with E-state index in [0.717, 1.165) is 67.1 Å². The Kier molecular flexibility index (Phi) is 7.36. The Morgan fingerprint density at radius 1 is 1.03 bits per heavy atom. The first kappa shape index (κ1) is 22.9. The van der Waals surface area contributed by atoms with Gasteiger partial charge in [0.15, 0.2) is 5.75 Å². The maximum Gasteiger partial charge on any atom is 0.311 e. The fraction of sp³-hybridized carbons (Fsp3) is 0.400. The lowest BCUT2D eigenvalue weighted by atomic mass is 10.1. The van der Waals surface area contributed by atoms with Gasteiger partial charge in [-0.25, -0.2) is 0 Å². The molecule has 3 aromatic rings. The van der Waals surface area contributed by atoms with Crippen LogP contribution in [0, 0.1) is 17.0 Å². The van der Waals surface area contributed by atoms with E-state index in [1.54, 1.807) is 12.1 Å². The molecule has 0 bridgehead atoms. The number of hydrogen-bond donors (Lipinski definition) is 0. The van der Waals surface area contributed by atoms with Crippen LogP contribution in [-0.2, 0) is 6.54 Å². The first-order valence-corrected chi connectivity index (χ1v) is 11.3. The molecule has 0 spiro atoms. The van der Waals surface area contributed by atoms with Gasteiger partial charge in [0.25, 0.3) is 0 Å². The summed E-state index contributed by atoms with van der Waals surface area (Å²) in [5, 5.41) is 12.3. The number of nitrogens with zero attached hydrogens (tertiary/aromatic N) is 4. The lowest BCUT2D eigenvalue weighted by molar-refractivity contribution is -0.385. The van der Waals surface area contributed by atoms with Crippen molar-refractivity contribution in [2.24, 2.45) is 0 Å². The van der Waals surface area contributed by atoms with E-state index in [1.165, 1.54) is 7.11 Å². The maximum absolute atomic E-state index is 11.3. The Morgan fingerprint density at radius 3 is 2.58 bits per heavy atom. The van der Waals surface area contributed by atoms with Crippen LogP contribution in [0.5, 0.6) is 11.5 Å². The molecule has 0 aliphatic carbocycles. The van der Waals surface area contributed by atoms with Crippen LogP contribution in [0.1, 0.15) is 17.7 Å². The van der Waals surface area contributed by atoms with Crippen molar-refractivity contribution in [1.29, 1.82) is 0 Å². The van der Waals surface area contributed by atoms with Crippen molar-refractivity contribution in [2.45, 2.75) is 19.9 Å². The van der Waals surface area contributed by atoms with Gasteiger partial charge in [-0.05, 0) is 49.2 Å². The van der Waals surface area contributed by atoms with Crippen molar-refractivity contribution in [3.63, 3.8) is 0 Å². The third-order valence-electron chi connectivity index (χ3n) is 6.02. The van der Waals surface area contributed by atoms with Crippen LogP contribution in [0.2, 0.25) is 0 Å². The van der Waals surface area contributed by atoms with Gasteiger partial charge in [0.2, 0.25) is 0 Å². The zero-order chi connectivity index (χ0) is 23.2. The highest BCUT2D eigenvalue weighted by molar-refractivity contribution is 5.85. The van der Waals surface area contributed by atoms with Crippen LogP contribution in [0.4, 0.5) is 5.69 Å². The largest absolute Gasteiger partial charge is 0.493 e. The normalized spacial score (nSPS) is 15.0. The summed E-state index contributed by atoms with van der Waals surface area (Å²) in [5.41, 5.74) is 2.92. The smallest absolute Gasteiger partial charge is 0.311 e. The Labute approximate surface area is 193 Å². The second-order valence-electron chi connectivity index (χ2n) is 8.36. The molecule has 0 amide bonds. The molecule has 0 atom stereocenters. The van der Waals surface area contributed by atoms with Gasteiger partial charge in [0.05, 0.1) is 24.2 Å². The summed E-state index contributed by atoms with van der Waals surface area (Å²) in [5.74, 6) is 1.18. The first-order chi connectivity index (χ1) is 16.0. The van der Waals surface area contributed by atoms with E-state index in [2.05, 4.69) is 20.9 Å². The second kappa shape index (κ2) is 10.6. The van der Waals surface area contributed by atoms with Gasteiger partial charge in [0.1, 0.15) is 5.75 Å². The average molecular weight is 451 g/mol. The Balaban J connectivity index is 1.21. The number of pyridine rings is 1. The van der Waals surface area contributed by atoms with E-state index >= 15 is 0 Å². The van der Waals surface area contributed by atoms with Crippen molar-refractivity contribution in [1.82, 2.24) is 14.8 Å². The Hall–Kier alpha value is -3.23. The number of aryl methyl sites for hydroxylation is 1. The maximum atomic E-state index is 11.3. The summed E-state index contributed by atoms with van der Waals surface area (Å²) in [7, 11) is 1.45. The number of nitro groups is 1. The topological polar surface area (TPSA) is 81.0 Å². The highest BCUT2D eigenvalue weighted by atomic mass is 16.6. The van der Waals surface area contributed by atoms with Gasteiger partial charge in [-0.15, -0.1) is 0 Å². The molecule has 4 rings (SSSR count). The molecule has 33 heavy (non-hydrogen) atoms. The van der Waals surface area contributed by atoms with Crippen LogP contribution in [0.15, 0.2) is 48.5 Å². The SMILES string of the molecule is COc1ccc(CN2CCN(CCCOc3cccc4nc(C)ccc34)CC2)cc1[N+](=O)[O-]. The number of fused-ring (bicyclic) bond motifs is 1. The molecule has 1 aliphatic rings. The van der Waals surface area contributed by atoms with E-state index in [1.807, 2.05) is 37.3 Å². The van der Waals surface area contributed by atoms with Crippen molar-refractivity contribution in [2.75, 3.05) is 46.4 Å². The van der Waals surface area contributed by atoms with Crippen molar-refractivity contribution < 1.29 is 14.4 Å². The summed E-state index contributed by atoms with van der Waals surface area (Å²) in [6, 6.07) is 15.3. The molecule has 0 radical (unpaired) electrons. The highest BCUT2D eigenvalue weighted by Gasteiger charge is 2.19. The van der Waals surface area contributed by atoms with Crippen LogP contribution >= 0.6 is 0 Å². The average Bonchev–Trinajstić information content (AvgIpc) is 2.82. The molecule has 2 heterocycles. The van der Waals surface area contributed by atoms with Crippen LogP contribution in [0.25, 0.3) is 10.9 Å². The zero-order valence-corrected chi connectivity index (χ0v) is 19.2. The lowest BCUT2D eigenvalue weighted by Crippen LogP contribution is -2.46. The third-order valence-corrected chi connectivity index (χ3v) is 6.02. The quantitative estimate of drug-likeness (QED) is 0.276. The number of piperazine rings is 1. The highest BCUT2D eigenvalue weighted by Crippen LogP contribution is 2.28. The number of hydrogen-bond acceptors (Lipinski definition) is 7. The van der Waals surface area contributed by atoms with E-state index in [9.17, 15) is 10.1 Å². The first-order valence-electron chi connectivity index (χ1n) is 11.3. The molecule has 1 fully saturated rings. The number of methoxy groups -OCH3 is 1. The molecule has 0 unspecified atom stereocenters. The molecule has 0 N–H and O–H groups in total. The van der Waals surface area contributed by atoms with Crippen molar-refractivity contribution in [3.8, 4) is 11.5 Å².